The lowest BCUT2D eigenvalue weighted by atomic mass is 9.80. The molecule has 2 aliphatic heterocycles. The number of ether oxygens (including phenoxy) is 1. The first-order valence-electron chi connectivity index (χ1n) is 8.98. The number of nitrogens with one attached hydrogen (secondary N) is 1. The molecule has 0 radical (unpaired) electrons. The molecule has 7 heteroatoms. The molecule has 2 fully saturated rings. The van der Waals surface area contributed by atoms with E-state index in [4.69, 9.17) is 4.74 Å². The van der Waals surface area contributed by atoms with Crippen LogP contribution in [-0.2, 0) is 5.60 Å². The van der Waals surface area contributed by atoms with Crippen molar-refractivity contribution in [1.82, 2.24) is 19.9 Å². The van der Waals surface area contributed by atoms with Crippen LogP contribution in [0.15, 0.2) is 36.9 Å². The van der Waals surface area contributed by atoms with E-state index in [1.165, 1.54) is 0 Å². The fourth-order valence-corrected chi connectivity index (χ4v) is 4.77. The third kappa shape index (κ3) is 2.20. The summed E-state index contributed by atoms with van der Waals surface area (Å²) in [5.41, 5.74) is 1.55. The van der Waals surface area contributed by atoms with Gasteiger partial charge in [0.25, 0.3) is 0 Å². The van der Waals surface area contributed by atoms with Crippen LogP contribution in [0.5, 0.6) is 5.75 Å². The van der Waals surface area contributed by atoms with Crippen molar-refractivity contribution in [3.05, 3.63) is 42.5 Å². The molecule has 2 aromatic heterocycles. The van der Waals surface area contributed by atoms with E-state index in [1.54, 1.807) is 19.8 Å². The normalized spacial score (nSPS) is 27.8. The summed E-state index contributed by atoms with van der Waals surface area (Å²) in [7, 11) is 1.65. The smallest absolute Gasteiger partial charge is 0.182 e. The van der Waals surface area contributed by atoms with Gasteiger partial charge in [0.15, 0.2) is 11.5 Å². The van der Waals surface area contributed by atoms with Crippen LogP contribution in [0.25, 0.3) is 11.2 Å². The molecular formula is C19H21N5O2. The van der Waals surface area contributed by atoms with Crippen LogP contribution in [-0.4, -0.2) is 44.2 Å². The lowest BCUT2D eigenvalue weighted by molar-refractivity contribution is -0.00503. The number of hydrogen-bond acceptors (Lipinski definition) is 6. The second-order valence-corrected chi connectivity index (χ2v) is 7.23. The second-order valence-electron chi connectivity index (χ2n) is 7.23. The molecule has 7 nitrogen and oxygen atoms in total. The molecule has 3 aromatic rings. The van der Waals surface area contributed by atoms with E-state index in [2.05, 4.69) is 24.8 Å². The minimum absolute atomic E-state index is 0.227. The number of H-pyrrole nitrogens is 1. The number of aromatic amines is 1. The number of aromatic nitrogens is 4. The Hall–Kier alpha value is -2.67. The van der Waals surface area contributed by atoms with Gasteiger partial charge in [-0.1, -0.05) is 18.2 Å². The lowest BCUT2D eigenvalue weighted by Gasteiger charge is -2.45. The number of hydrogen-bond donors (Lipinski definition) is 2. The Labute approximate surface area is 151 Å². The number of aliphatic hydroxyl groups is 1. The fourth-order valence-electron chi connectivity index (χ4n) is 4.77. The summed E-state index contributed by atoms with van der Waals surface area (Å²) < 4.78 is 5.51. The van der Waals surface area contributed by atoms with Crippen LogP contribution in [0, 0.1) is 0 Å². The average Bonchev–Trinajstić information content (AvgIpc) is 3.25. The Bertz CT molecular complexity index is 942. The first-order valence-corrected chi connectivity index (χ1v) is 8.98. The highest BCUT2D eigenvalue weighted by molar-refractivity contribution is 5.83. The van der Waals surface area contributed by atoms with Crippen LogP contribution >= 0.6 is 0 Å². The number of para-hydroxylation sites is 1. The van der Waals surface area contributed by atoms with Crippen molar-refractivity contribution in [3.63, 3.8) is 0 Å². The first-order chi connectivity index (χ1) is 12.7. The van der Waals surface area contributed by atoms with Crippen molar-refractivity contribution in [2.75, 3.05) is 12.0 Å². The number of fused-ring (bicyclic) bond motifs is 3. The topological polar surface area (TPSA) is 87.2 Å². The average molecular weight is 351 g/mol. The largest absolute Gasteiger partial charge is 0.496 e. The van der Waals surface area contributed by atoms with Gasteiger partial charge >= 0.3 is 0 Å². The number of rotatable bonds is 3. The van der Waals surface area contributed by atoms with E-state index < -0.39 is 5.60 Å². The highest BCUT2D eigenvalue weighted by Crippen LogP contribution is 2.49. The quantitative estimate of drug-likeness (QED) is 0.753. The summed E-state index contributed by atoms with van der Waals surface area (Å²) in [6, 6.07) is 8.25. The first kappa shape index (κ1) is 15.6. The van der Waals surface area contributed by atoms with Crippen molar-refractivity contribution in [3.8, 4) is 5.75 Å². The van der Waals surface area contributed by atoms with Crippen molar-refractivity contribution < 1.29 is 9.84 Å². The molecule has 2 bridgehead atoms. The Balaban J connectivity index is 1.53. The van der Waals surface area contributed by atoms with Gasteiger partial charge in [0, 0.05) is 30.5 Å². The summed E-state index contributed by atoms with van der Waals surface area (Å²) in [6.45, 7) is 0. The van der Waals surface area contributed by atoms with Gasteiger partial charge in [0.05, 0.1) is 19.0 Å². The Morgan fingerprint density at radius 2 is 1.92 bits per heavy atom. The molecular weight excluding hydrogens is 330 g/mol. The Kier molecular flexibility index (Phi) is 3.40. The van der Waals surface area contributed by atoms with Crippen LogP contribution in [0.2, 0.25) is 0 Å². The maximum Gasteiger partial charge on any atom is 0.182 e. The molecule has 0 amide bonds. The van der Waals surface area contributed by atoms with E-state index in [1.807, 2.05) is 24.3 Å². The fraction of sp³-hybridized carbons (Fsp3) is 0.421. The number of nitrogens with zero attached hydrogens (tertiary/aromatic N) is 4. The second kappa shape index (κ2) is 5.67. The van der Waals surface area contributed by atoms with E-state index in [0.717, 1.165) is 35.5 Å². The third-order valence-electron chi connectivity index (χ3n) is 5.82. The number of benzene rings is 1. The van der Waals surface area contributed by atoms with Gasteiger partial charge in [-0.2, -0.15) is 0 Å². The molecule has 5 rings (SSSR count). The van der Waals surface area contributed by atoms with Gasteiger partial charge in [-0.25, -0.2) is 15.0 Å². The standard InChI is InChI=1S/C19H21N5O2/c1-26-15-5-3-2-4-14(15)19(25)8-12-6-7-13(9-19)24(12)18-16-17(21-10-20-16)22-11-23-18/h2-5,10-13,25H,6-9H2,1H3,(H,20,21,22,23)/t12-,13-/m1/s1. The third-order valence-corrected chi connectivity index (χ3v) is 5.82. The number of anilines is 1. The maximum absolute atomic E-state index is 11.5. The van der Waals surface area contributed by atoms with Crippen LogP contribution in [0.4, 0.5) is 5.82 Å². The van der Waals surface area contributed by atoms with E-state index in [-0.39, 0.29) is 12.1 Å². The minimum Gasteiger partial charge on any atom is -0.496 e. The molecule has 2 saturated heterocycles. The number of piperidine rings is 1. The molecule has 1 aromatic carbocycles. The van der Waals surface area contributed by atoms with Crippen LogP contribution in [0.3, 0.4) is 0 Å². The zero-order valence-electron chi connectivity index (χ0n) is 14.6. The van der Waals surface area contributed by atoms with Crippen molar-refractivity contribution in [2.24, 2.45) is 0 Å². The lowest BCUT2D eigenvalue weighted by Crippen LogP contribution is -2.50. The molecule has 0 saturated carbocycles. The molecule has 0 aliphatic carbocycles. The van der Waals surface area contributed by atoms with Crippen molar-refractivity contribution in [1.29, 1.82) is 0 Å². The number of methoxy groups -OCH3 is 1. The molecule has 2 atom stereocenters. The molecule has 0 spiro atoms. The van der Waals surface area contributed by atoms with Gasteiger partial charge in [0.2, 0.25) is 0 Å². The highest BCUT2D eigenvalue weighted by atomic mass is 16.5. The Morgan fingerprint density at radius 3 is 2.69 bits per heavy atom. The van der Waals surface area contributed by atoms with Crippen molar-refractivity contribution >= 4 is 17.0 Å². The summed E-state index contributed by atoms with van der Waals surface area (Å²) >= 11 is 0. The monoisotopic (exact) mass is 351 g/mol. The molecule has 2 aliphatic rings. The van der Waals surface area contributed by atoms with Crippen LogP contribution in [0.1, 0.15) is 31.2 Å². The number of imidazole rings is 1. The highest BCUT2D eigenvalue weighted by Gasteiger charge is 2.50. The molecule has 4 heterocycles. The molecule has 26 heavy (non-hydrogen) atoms. The molecule has 134 valence electrons. The van der Waals surface area contributed by atoms with E-state index in [9.17, 15) is 5.11 Å². The predicted octanol–water partition coefficient (Wildman–Crippen LogP) is 2.38. The van der Waals surface area contributed by atoms with Gasteiger partial charge < -0.3 is 19.7 Å². The minimum atomic E-state index is -0.880. The van der Waals surface area contributed by atoms with E-state index in [0.29, 0.717) is 18.5 Å². The van der Waals surface area contributed by atoms with Gasteiger partial charge in [0.1, 0.15) is 17.6 Å². The summed E-state index contributed by atoms with van der Waals surface area (Å²) in [4.78, 5) is 18.5. The summed E-state index contributed by atoms with van der Waals surface area (Å²) in [6.07, 6.45) is 6.62. The van der Waals surface area contributed by atoms with E-state index >= 15 is 0 Å². The van der Waals surface area contributed by atoms with Gasteiger partial charge in [-0.15, -0.1) is 0 Å². The summed E-state index contributed by atoms with van der Waals surface area (Å²) in [5, 5.41) is 11.5. The van der Waals surface area contributed by atoms with Gasteiger partial charge in [-0.3, -0.25) is 0 Å². The zero-order chi connectivity index (χ0) is 17.7. The Morgan fingerprint density at radius 1 is 1.15 bits per heavy atom. The molecule has 0 unspecified atom stereocenters. The predicted molar refractivity (Wildman–Crippen MR) is 97.1 cm³/mol. The van der Waals surface area contributed by atoms with Crippen LogP contribution < -0.4 is 9.64 Å². The maximum atomic E-state index is 11.5. The SMILES string of the molecule is COc1ccccc1C1(O)C[C@H]2CC[C@H](C1)N2c1ncnc2nc[nH]c12. The zero-order valence-corrected chi connectivity index (χ0v) is 14.6. The molecule has 2 N–H and O–H groups in total. The summed E-state index contributed by atoms with van der Waals surface area (Å²) in [5.74, 6) is 1.64. The van der Waals surface area contributed by atoms with Crippen molar-refractivity contribution in [2.45, 2.75) is 43.4 Å². The van der Waals surface area contributed by atoms with Gasteiger partial charge in [-0.05, 0) is 18.9 Å².